The summed E-state index contributed by atoms with van der Waals surface area (Å²) in [5, 5.41) is 13.1. The fraction of sp³-hybridized carbons (Fsp3) is 0.158. The summed E-state index contributed by atoms with van der Waals surface area (Å²) in [5.74, 6) is 0.0533. The van der Waals surface area contributed by atoms with E-state index in [-0.39, 0.29) is 5.69 Å². The number of methoxy groups -OCH3 is 1. The summed E-state index contributed by atoms with van der Waals surface area (Å²) >= 11 is 0. The van der Waals surface area contributed by atoms with Crippen LogP contribution in [0.5, 0.6) is 11.5 Å². The topological polar surface area (TPSA) is 73.6 Å². The summed E-state index contributed by atoms with van der Waals surface area (Å²) < 4.78 is 12.9. The van der Waals surface area contributed by atoms with Crippen LogP contribution in [0, 0.1) is 0 Å². The summed E-state index contributed by atoms with van der Waals surface area (Å²) in [6.45, 7) is 0.409. The molecule has 0 unspecified atom stereocenters. The van der Waals surface area contributed by atoms with E-state index in [9.17, 15) is 4.79 Å². The molecule has 0 amide bonds. The zero-order valence-corrected chi connectivity index (χ0v) is 14.0. The maximum atomic E-state index is 11.1. The van der Waals surface area contributed by atoms with Crippen LogP contribution < -0.4 is 9.47 Å². The van der Waals surface area contributed by atoms with E-state index in [4.69, 9.17) is 14.6 Å². The second-order valence-corrected chi connectivity index (χ2v) is 5.45. The standard InChI is InChI=1S/C19H18N2O4/c1-21-16(11-15(20-21)19(22)23)14-9-6-10-17(18(14)24-2)25-12-13-7-4-3-5-8-13/h3-11H,12H2,1-2H3,(H,22,23). The van der Waals surface area contributed by atoms with Gasteiger partial charge in [-0.1, -0.05) is 36.4 Å². The quantitative estimate of drug-likeness (QED) is 0.746. The molecule has 1 aromatic heterocycles. The number of aromatic carboxylic acids is 1. The van der Waals surface area contributed by atoms with E-state index in [0.717, 1.165) is 11.1 Å². The van der Waals surface area contributed by atoms with Gasteiger partial charge in [0.1, 0.15) is 6.61 Å². The fourth-order valence-electron chi connectivity index (χ4n) is 2.60. The third-order valence-electron chi connectivity index (χ3n) is 3.80. The van der Waals surface area contributed by atoms with Crippen LogP contribution in [0.2, 0.25) is 0 Å². The predicted molar refractivity (Wildman–Crippen MR) is 92.9 cm³/mol. The lowest BCUT2D eigenvalue weighted by molar-refractivity contribution is 0.0689. The van der Waals surface area contributed by atoms with Crippen LogP contribution in [0.3, 0.4) is 0 Å². The Morgan fingerprint density at radius 3 is 2.56 bits per heavy atom. The molecule has 1 N–H and O–H groups in total. The first-order chi connectivity index (χ1) is 12.1. The lowest BCUT2D eigenvalue weighted by Gasteiger charge is -2.14. The number of para-hydroxylation sites is 1. The molecule has 1 heterocycles. The van der Waals surface area contributed by atoms with Crippen molar-refractivity contribution < 1.29 is 19.4 Å². The van der Waals surface area contributed by atoms with Gasteiger partial charge in [-0.3, -0.25) is 4.68 Å². The Morgan fingerprint density at radius 1 is 1.16 bits per heavy atom. The van der Waals surface area contributed by atoms with Crippen LogP contribution >= 0.6 is 0 Å². The first-order valence-corrected chi connectivity index (χ1v) is 7.71. The van der Waals surface area contributed by atoms with Gasteiger partial charge in [0.25, 0.3) is 0 Å². The maximum absolute atomic E-state index is 11.1. The number of carboxylic acid groups (broad SMARTS) is 1. The highest BCUT2D eigenvalue weighted by Crippen LogP contribution is 2.38. The number of carbonyl (C=O) groups is 1. The summed E-state index contributed by atoms with van der Waals surface area (Å²) in [7, 11) is 3.25. The fourth-order valence-corrected chi connectivity index (χ4v) is 2.60. The lowest BCUT2D eigenvalue weighted by atomic mass is 10.1. The number of benzene rings is 2. The number of carboxylic acids is 1. The molecule has 6 heteroatoms. The zero-order chi connectivity index (χ0) is 17.8. The molecule has 0 bridgehead atoms. The lowest BCUT2D eigenvalue weighted by Crippen LogP contribution is -2.01. The molecule has 6 nitrogen and oxygen atoms in total. The molecule has 25 heavy (non-hydrogen) atoms. The molecule has 0 saturated carbocycles. The van der Waals surface area contributed by atoms with Crippen LogP contribution in [0.1, 0.15) is 16.1 Å². The summed E-state index contributed by atoms with van der Waals surface area (Å²) in [4.78, 5) is 11.1. The molecule has 3 rings (SSSR count). The molecule has 128 valence electrons. The molecule has 0 aliphatic rings. The average Bonchev–Trinajstić information content (AvgIpc) is 3.02. The van der Waals surface area contributed by atoms with Crippen LogP contribution in [0.4, 0.5) is 0 Å². The number of aromatic nitrogens is 2. The molecule has 2 aromatic carbocycles. The second-order valence-electron chi connectivity index (χ2n) is 5.45. The van der Waals surface area contributed by atoms with Gasteiger partial charge in [0, 0.05) is 12.6 Å². The Bertz CT molecular complexity index is 888. The van der Waals surface area contributed by atoms with Crippen LogP contribution in [-0.2, 0) is 13.7 Å². The largest absolute Gasteiger partial charge is 0.492 e. The molecule has 0 aliphatic heterocycles. The first kappa shape index (κ1) is 16.6. The highest BCUT2D eigenvalue weighted by molar-refractivity contribution is 5.87. The zero-order valence-electron chi connectivity index (χ0n) is 14.0. The van der Waals surface area contributed by atoms with E-state index in [1.807, 2.05) is 48.5 Å². The number of rotatable bonds is 6. The molecular formula is C19H18N2O4. The van der Waals surface area contributed by atoms with Crippen molar-refractivity contribution in [2.24, 2.45) is 7.05 Å². The summed E-state index contributed by atoms with van der Waals surface area (Å²) in [6, 6.07) is 16.8. The number of nitrogens with zero attached hydrogens (tertiary/aromatic N) is 2. The van der Waals surface area contributed by atoms with E-state index < -0.39 is 5.97 Å². The van der Waals surface area contributed by atoms with Crippen molar-refractivity contribution in [2.75, 3.05) is 7.11 Å². The van der Waals surface area contributed by atoms with Crippen LogP contribution in [-0.4, -0.2) is 28.0 Å². The molecular weight excluding hydrogens is 320 g/mol. The van der Waals surface area contributed by atoms with Gasteiger partial charge in [0.15, 0.2) is 17.2 Å². The predicted octanol–water partition coefficient (Wildman–Crippen LogP) is 3.37. The van der Waals surface area contributed by atoms with E-state index in [0.29, 0.717) is 23.8 Å². The minimum absolute atomic E-state index is 0.0184. The minimum Gasteiger partial charge on any atom is -0.492 e. The Labute approximate surface area is 145 Å². The third kappa shape index (κ3) is 3.47. The van der Waals surface area contributed by atoms with Crippen molar-refractivity contribution in [3.05, 3.63) is 65.9 Å². The molecule has 0 saturated heterocycles. The molecule has 0 aliphatic carbocycles. The van der Waals surface area contributed by atoms with Gasteiger partial charge in [-0.15, -0.1) is 0 Å². The monoisotopic (exact) mass is 338 g/mol. The summed E-state index contributed by atoms with van der Waals surface area (Å²) in [6.07, 6.45) is 0. The van der Waals surface area contributed by atoms with Gasteiger partial charge in [-0.2, -0.15) is 5.10 Å². The highest BCUT2D eigenvalue weighted by Gasteiger charge is 2.18. The Kier molecular flexibility index (Phi) is 4.70. The number of aryl methyl sites for hydroxylation is 1. The van der Waals surface area contributed by atoms with Crippen molar-refractivity contribution in [1.82, 2.24) is 9.78 Å². The van der Waals surface area contributed by atoms with E-state index in [1.165, 1.54) is 10.7 Å². The van der Waals surface area contributed by atoms with Gasteiger partial charge in [-0.25, -0.2) is 4.79 Å². The molecule has 0 fully saturated rings. The SMILES string of the molecule is COc1c(OCc2ccccc2)cccc1-c1cc(C(=O)O)nn1C. The molecule has 0 spiro atoms. The summed E-state index contributed by atoms with van der Waals surface area (Å²) in [5.41, 5.74) is 2.38. The van der Waals surface area contributed by atoms with Crippen molar-refractivity contribution in [3.63, 3.8) is 0 Å². The van der Waals surface area contributed by atoms with Gasteiger partial charge in [0.2, 0.25) is 0 Å². The van der Waals surface area contributed by atoms with Gasteiger partial charge < -0.3 is 14.6 Å². The van der Waals surface area contributed by atoms with Crippen molar-refractivity contribution in [1.29, 1.82) is 0 Å². The molecule has 0 atom stereocenters. The number of ether oxygens (including phenoxy) is 2. The third-order valence-corrected chi connectivity index (χ3v) is 3.80. The van der Waals surface area contributed by atoms with Crippen LogP contribution in [0.15, 0.2) is 54.6 Å². The van der Waals surface area contributed by atoms with Gasteiger partial charge >= 0.3 is 5.97 Å². The normalized spacial score (nSPS) is 10.5. The Balaban J connectivity index is 1.94. The molecule has 0 radical (unpaired) electrons. The minimum atomic E-state index is -1.07. The smallest absolute Gasteiger partial charge is 0.356 e. The van der Waals surface area contributed by atoms with E-state index in [1.54, 1.807) is 14.2 Å². The average molecular weight is 338 g/mol. The maximum Gasteiger partial charge on any atom is 0.356 e. The van der Waals surface area contributed by atoms with Crippen molar-refractivity contribution in [2.45, 2.75) is 6.61 Å². The first-order valence-electron chi connectivity index (χ1n) is 7.71. The van der Waals surface area contributed by atoms with Crippen LogP contribution in [0.25, 0.3) is 11.3 Å². The number of hydrogen-bond acceptors (Lipinski definition) is 4. The Morgan fingerprint density at radius 2 is 1.92 bits per heavy atom. The van der Waals surface area contributed by atoms with Gasteiger partial charge in [-0.05, 0) is 23.8 Å². The molecule has 3 aromatic rings. The van der Waals surface area contributed by atoms with Crippen molar-refractivity contribution >= 4 is 5.97 Å². The number of hydrogen-bond donors (Lipinski definition) is 1. The van der Waals surface area contributed by atoms with Crippen molar-refractivity contribution in [3.8, 4) is 22.8 Å². The highest BCUT2D eigenvalue weighted by atomic mass is 16.5. The van der Waals surface area contributed by atoms with Gasteiger partial charge in [0.05, 0.1) is 12.8 Å². The Hall–Kier alpha value is -3.28. The van der Waals surface area contributed by atoms with E-state index >= 15 is 0 Å². The second kappa shape index (κ2) is 7.09. The van der Waals surface area contributed by atoms with E-state index in [2.05, 4.69) is 5.10 Å².